The van der Waals surface area contributed by atoms with E-state index in [0.29, 0.717) is 24.3 Å². The van der Waals surface area contributed by atoms with Crippen LogP contribution in [0.25, 0.3) is 16.5 Å². The molecule has 8 heteroatoms. The number of benzene rings is 4. The number of hydrogen-bond acceptors (Lipinski definition) is 5. The van der Waals surface area contributed by atoms with Crippen LogP contribution in [-0.2, 0) is 23.1 Å². The summed E-state index contributed by atoms with van der Waals surface area (Å²) >= 11 is 0. The Hall–Kier alpha value is -4.01. The van der Waals surface area contributed by atoms with E-state index >= 15 is 0 Å². The van der Waals surface area contributed by atoms with E-state index in [1.54, 1.807) is 35.1 Å². The van der Waals surface area contributed by atoms with Gasteiger partial charge in [0.15, 0.2) is 0 Å². The summed E-state index contributed by atoms with van der Waals surface area (Å²) in [4.78, 5) is 0.203. The van der Waals surface area contributed by atoms with Crippen LogP contribution in [0.3, 0.4) is 0 Å². The average molecular weight is 485 g/mol. The van der Waals surface area contributed by atoms with E-state index in [2.05, 4.69) is 15.0 Å². The molecule has 0 aliphatic heterocycles. The van der Waals surface area contributed by atoms with Gasteiger partial charge >= 0.3 is 0 Å². The molecule has 176 valence electrons. The van der Waals surface area contributed by atoms with Crippen LogP contribution in [0.1, 0.15) is 11.3 Å². The Morgan fingerprint density at radius 3 is 2.40 bits per heavy atom. The van der Waals surface area contributed by atoms with Crippen molar-refractivity contribution in [3.63, 3.8) is 0 Å². The lowest BCUT2D eigenvalue weighted by molar-refractivity contribution is 0.305. The summed E-state index contributed by atoms with van der Waals surface area (Å²) in [5, 5.41) is 10.5. The number of rotatable bonds is 9. The molecule has 5 rings (SSSR count). The zero-order valence-corrected chi connectivity index (χ0v) is 19.7. The number of sulfonamides is 1. The van der Waals surface area contributed by atoms with E-state index in [4.69, 9.17) is 4.74 Å². The first-order chi connectivity index (χ1) is 17.1. The van der Waals surface area contributed by atoms with Gasteiger partial charge < -0.3 is 4.74 Å². The second-order valence-electron chi connectivity index (χ2n) is 8.05. The molecule has 0 atom stereocenters. The summed E-state index contributed by atoms with van der Waals surface area (Å²) in [5.74, 6) is 0.784. The highest BCUT2D eigenvalue weighted by Crippen LogP contribution is 2.25. The number of hydrogen-bond donors (Lipinski definition) is 1. The minimum absolute atomic E-state index is 0.203. The van der Waals surface area contributed by atoms with Crippen LogP contribution in [0, 0.1) is 0 Å². The van der Waals surface area contributed by atoms with E-state index in [1.807, 2.05) is 72.8 Å². The van der Waals surface area contributed by atoms with Gasteiger partial charge in [-0.2, -0.15) is 0 Å². The van der Waals surface area contributed by atoms with Gasteiger partial charge in [0.1, 0.15) is 18.1 Å². The van der Waals surface area contributed by atoms with Crippen molar-refractivity contribution in [1.82, 2.24) is 19.7 Å². The maximum atomic E-state index is 12.6. The molecule has 0 bridgehead atoms. The Bertz CT molecular complexity index is 1530. The zero-order valence-electron chi connectivity index (χ0n) is 18.9. The van der Waals surface area contributed by atoms with Gasteiger partial charge in [-0.1, -0.05) is 71.9 Å². The number of nitrogens with zero attached hydrogens (tertiary/aromatic N) is 3. The molecule has 5 aromatic rings. The fourth-order valence-corrected chi connectivity index (χ4v) is 4.83. The first-order valence-electron chi connectivity index (χ1n) is 11.2. The third kappa shape index (κ3) is 5.40. The smallest absolute Gasteiger partial charge is 0.240 e. The number of fused-ring (bicyclic) bond motifs is 1. The molecular weight excluding hydrogens is 460 g/mol. The number of nitrogens with one attached hydrogen (secondary N) is 1. The maximum absolute atomic E-state index is 12.6. The second-order valence-corrected chi connectivity index (χ2v) is 9.81. The van der Waals surface area contributed by atoms with Crippen LogP contribution < -0.4 is 9.46 Å². The lowest BCUT2D eigenvalue weighted by Crippen LogP contribution is -2.26. The van der Waals surface area contributed by atoms with Crippen molar-refractivity contribution in [2.24, 2.45) is 0 Å². The van der Waals surface area contributed by atoms with Gasteiger partial charge in [-0.25, -0.2) is 17.8 Å². The van der Waals surface area contributed by atoms with Crippen molar-refractivity contribution in [2.45, 2.75) is 17.9 Å². The molecule has 0 aliphatic rings. The Morgan fingerprint density at radius 1 is 0.829 bits per heavy atom. The molecule has 0 fully saturated rings. The summed E-state index contributed by atoms with van der Waals surface area (Å²) in [6, 6.07) is 30.3. The summed E-state index contributed by atoms with van der Waals surface area (Å²) in [5.41, 5.74) is 2.45. The minimum Gasteiger partial charge on any atom is -0.487 e. The van der Waals surface area contributed by atoms with Crippen molar-refractivity contribution >= 4 is 20.8 Å². The van der Waals surface area contributed by atoms with Crippen molar-refractivity contribution in [3.8, 4) is 11.4 Å². The lowest BCUT2D eigenvalue weighted by Gasteiger charge is -2.08. The van der Waals surface area contributed by atoms with Crippen molar-refractivity contribution in [2.75, 3.05) is 6.54 Å². The fraction of sp³-hybridized carbons (Fsp3) is 0.111. The average Bonchev–Trinajstić information content (AvgIpc) is 3.37. The van der Waals surface area contributed by atoms with Crippen LogP contribution in [0.2, 0.25) is 0 Å². The predicted molar refractivity (Wildman–Crippen MR) is 135 cm³/mol. The summed E-state index contributed by atoms with van der Waals surface area (Å²) in [6.07, 6.45) is 2.40. The van der Waals surface area contributed by atoms with Crippen molar-refractivity contribution in [1.29, 1.82) is 0 Å². The van der Waals surface area contributed by atoms with Gasteiger partial charge in [0.2, 0.25) is 10.0 Å². The van der Waals surface area contributed by atoms with E-state index < -0.39 is 10.0 Å². The SMILES string of the molecule is O=S(=O)(NCCc1ccccc1)c1ccc(-n2cc(COc3cccc4ccccc34)nn2)cc1. The van der Waals surface area contributed by atoms with Crippen LogP contribution in [0.5, 0.6) is 5.75 Å². The molecule has 0 unspecified atom stereocenters. The third-order valence-electron chi connectivity index (χ3n) is 5.63. The van der Waals surface area contributed by atoms with Crippen LogP contribution in [0.4, 0.5) is 0 Å². The van der Waals surface area contributed by atoms with Gasteiger partial charge in [0, 0.05) is 11.9 Å². The molecule has 1 aromatic heterocycles. The standard InChI is InChI=1S/C27H24N4O3S/c32-35(33,28-18-17-21-7-2-1-3-8-21)25-15-13-24(14-16-25)31-19-23(29-30-31)20-34-27-12-6-10-22-9-4-5-11-26(22)27/h1-16,19,28H,17-18,20H2. The van der Waals surface area contributed by atoms with Crippen LogP contribution in [0.15, 0.2) is 108 Å². The summed E-state index contributed by atoms with van der Waals surface area (Å²) in [6.45, 7) is 0.600. The quantitative estimate of drug-likeness (QED) is 0.332. The first-order valence-corrected chi connectivity index (χ1v) is 12.7. The predicted octanol–water partition coefficient (Wildman–Crippen LogP) is 4.52. The van der Waals surface area contributed by atoms with Gasteiger partial charge in [0.25, 0.3) is 0 Å². The monoisotopic (exact) mass is 484 g/mol. The largest absolute Gasteiger partial charge is 0.487 e. The highest BCUT2D eigenvalue weighted by Gasteiger charge is 2.14. The Labute approximate surface area is 204 Å². The first kappa shape index (κ1) is 22.8. The summed E-state index contributed by atoms with van der Waals surface area (Å²) < 4.78 is 35.5. The molecule has 0 saturated heterocycles. The van der Waals surface area contributed by atoms with Gasteiger partial charge in [-0.05, 0) is 47.7 Å². The number of ether oxygens (including phenoxy) is 1. The second kappa shape index (κ2) is 10.1. The van der Waals surface area contributed by atoms with Gasteiger partial charge in [-0.15, -0.1) is 5.10 Å². The van der Waals surface area contributed by atoms with Crippen LogP contribution in [-0.4, -0.2) is 30.0 Å². The highest BCUT2D eigenvalue weighted by atomic mass is 32.2. The molecule has 35 heavy (non-hydrogen) atoms. The third-order valence-corrected chi connectivity index (χ3v) is 7.10. The van der Waals surface area contributed by atoms with E-state index in [0.717, 1.165) is 22.1 Å². The molecule has 0 radical (unpaired) electrons. The molecule has 0 aliphatic carbocycles. The van der Waals surface area contributed by atoms with Crippen molar-refractivity contribution < 1.29 is 13.2 Å². The normalized spacial score (nSPS) is 11.5. The Morgan fingerprint density at radius 2 is 1.57 bits per heavy atom. The molecule has 0 spiro atoms. The molecule has 7 nitrogen and oxygen atoms in total. The van der Waals surface area contributed by atoms with E-state index in [-0.39, 0.29) is 11.5 Å². The minimum atomic E-state index is -3.60. The molecule has 4 aromatic carbocycles. The number of aromatic nitrogens is 3. The summed E-state index contributed by atoms with van der Waals surface area (Å²) in [7, 11) is -3.60. The molecule has 1 N–H and O–H groups in total. The van der Waals surface area contributed by atoms with Gasteiger partial charge in [0.05, 0.1) is 16.8 Å². The zero-order chi connectivity index (χ0) is 24.1. The fourth-order valence-electron chi connectivity index (χ4n) is 3.80. The topological polar surface area (TPSA) is 86.1 Å². The molecule has 0 amide bonds. The van der Waals surface area contributed by atoms with E-state index in [9.17, 15) is 8.42 Å². The van der Waals surface area contributed by atoms with Crippen molar-refractivity contribution in [3.05, 3.63) is 115 Å². The molecular formula is C27H24N4O3S. The highest BCUT2D eigenvalue weighted by molar-refractivity contribution is 7.89. The Balaban J connectivity index is 1.21. The van der Waals surface area contributed by atoms with E-state index in [1.165, 1.54) is 0 Å². The van der Waals surface area contributed by atoms with Crippen LogP contribution >= 0.6 is 0 Å². The lowest BCUT2D eigenvalue weighted by atomic mass is 10.1. The molecule has 1 heterocycles. The Kier molecular flexibility index (Phi) is 6.56. The maximum Gasteiger partial charge on any atom is 0.240 e. The van der Waals surface area contributed by atoms with Gasteiger partial charge in [-0.3, -0.25) is 0 Å². The molecule has 0 saturated carbocycles.